The van der Waals surface area contributed by atoms with Crippen molar-refractivity contribution in [2.75, 3.05) is 8.86 Å². The van der Waals surface area contributed by atoms with Gasteiger partial charge in [0.15, 0.2) is 0 Å². The van der Waals surface area contributed by atoms with E-state index in [0.29, 0.717) is 53.8 Å². The first kappa shape index (κ1) is 80.4. The zero-order valence-electron chi connectivity index (χ0n) is 52.4. The highest BCUT2D eigenvalue weighted by Crippen LogP contribution is 2.41. The first-order chi connectivity index (χ1) is 43.4. The molecular weight excluding hydrogens is 1880 g/mol. The van der Waals surface area contributed by atoms with Crippen molar-refractivity contribution in [1.82, 2.24) is 0 Å². The van der Waals surface area contributed by atoms with Crippen LogP contribution in [-0.4, -0.2) is 92.6 Å². The van der Waals surface area contributed by atoms with Crippen LogP contribution >= 0.6 is 136 Å². The molecule has 0 aliphatic rings. The van der Waals surface area contributed by atoms with Gasteiger partial charge in [-0.15, -0.1) is 0 Å². The molecule has 6 rings (SSSR count). The number of rotatable bonds is 27. The van der Waals surface area contributed by atoms with Crippen LogP contribution in [0.2, 0.25) is 0 Å². The SMILES string of the molecule is CC(C)(I)C(=O)Oc1ccc(C(C)(CCC(=O)O)c2ccc(OC(=O)C(C)(C)I)cc2)cc1.CC(CCC(=O)O)(c1ccc(OC(=O)CI)cc1)c1ccc(OC(=O)CI)cc1.CC(I)C(=O)Oc1ccc(C(C)(CCC(=O)O)c2ccc(OC(=O)C(C)I)cc2)cc1. The maximum Gasteiger partial charge on any atom is 0.326 e. The number of carbonyl (C=O) groups is 9. The third-order valence-corrected chi connectivity index (χ3v) is 17.8. The van der Waals surface area contributed by atoms with Crippen LogP contribution in [0.4, 0.5) is 0 Å². The van der Waals surface area contributed by atoms with E-state index in [1.807, 2.05) is 229 Å². The predicted molar refractivity (Wildman–Crippen MR) is 403 cm³/mol. The molecule has 0 fully saturated rings. The number of carboxylic acid groups (broad SMARTS) is 3. The summed E-state index contributed by atoms with van der Waals surface area (Å²) < 4.78 is 30.6. The van der Waals surface area contributed by atoms with Crippen LogP contribution < -0.4 is 28.4 Å². The second kappa shape index (κ2) is 36.9. The van der Waals surface area contributed by atoms with Gasteiger partial charge in [0.1, 0.15) is 49.2 Å². The molecule has 6 aromatic carbocycles. The number of benzene rings is 6. The molecule has 0 spiro atoms. The maximum atomic E-state index is 12.2. The van der Waals surface area contributed by atoms with Crippen molar-refractivity contribution in [3.05, 3.63) is 179 Å². The molecule has 93 heavy (non-hydrogen) atoms. The van der Waals surface area contributed by atoms with E-state index in [1.165, 1.54) is 0 Å². The molecule has 0 aromatic heterocycles. The summed E-state index contributed by atoms with van der Waals surface area (Å²) in [4.78, 5) is 105. The van der Waals surface area contributed by atoms with Crippen LogP contribution in [0.5, 0.6) is 34.5 Å². The minimum absolute atomic E-state index is 0.00630. The second-order valence-electron chi connectivity index (χ2n) is 22.8. The Bertz CT molecular complexity index is 3320. The Balaban J connectivity index is 0.000000298. The van der Waals surface area contributed by atoms with E-state index in [2.05, 4.69) is 0 Å². The van der Waals surface area contributed by atoms with Crippen molar-refractivity contribution >= 4 is 189 Å². The average Bonchev–Trinajstić information content (AvgIpc) is 0.867. The predicted octanol–water partition coefficient (Wildman–Crippen LogP) is 15.9. The molecule has 0 saturated heterocycles. The summed E-state index contributed by atoms with van der Waals surface area (Å²) in [5.74, 6) is -2.02. The lowest BCUT2D eigenvalue weighted by atomic mass is 9.73. The molecule has 6 aromatic rings. The fourth-order valence-electron chi connectivity index (χ4n) is 8.95. The van der Waals surface area contributed by atoms with Gasteiger partial charge >= 0.3 is 53.7 Å². The molecule has 24 heteroatoms. The molecule has 498 valence electrons. The summed E-state index contributed by atoms with van der Waals surface area (Å²) in [6, 6.07) is 42.6. The van der Waals surface area contributed by atoms with Crippen molar-refractivity contribution in [3.8, 4) is 34.5 Å². The van der Waals surface area contributed by atoms with E-state index >= 15 is 0 Å². The summed E-state index contributed by atoms with van der Waals surface area (Å²) in [6.07, 6.45) is 1.08. The Labute approximate surface area is 623 Å². The van der Waals surface area contributed by atoms with Crippen molar-refractivity contribution in [2.24, 2.45) is 0 Å². The van der Waals surface area contributed by atoms with Crippen LogP contribution in [0.25, 0.3) is 0 Å². The minimum Gasteiger partial charge on any atom is -0.481 e. The molecule has 0 saturated carbocycles. The monoisotopic (exact) mass is 1950 g/mol. The number of carboxylic acids is 3. The minimum atomic E-state index is -0.883. The highest BCUT2D eigenvalue weighted by Gasteiger charge is 2.34. The summed E-state index contributed by atoms with van der Waals surface area (Å²) >= 11 is 11.9. The van der Waals surface area contributed by atoms with Gasteiger partial charge < -0.3 is 43.7 Å². The quantitative estimate of drug-likeness (QED) is 0.0187. The molecular formula is C69H72I6O18. The molecule has 0 heterocycles. The van der Waals surface area contributed by atoms with Gasteiger partial charge in [0.05, 0.1) is 8.86 Å². The van der Waals surface area contributed by atoms with Crippen molar-refractivity contribution < 1.29 is 86.9 Å². The van der Waals surface area contributed by atoms with Gasteiger partial charge in [-0.3, -0.25) is 43.2 Å². The molecule has 3 N–H and O–H groups in total. The van der Waals surface area contributed by atoms with Gasteiger partial charge in [-0.25, -0.2) is 0 Å². The number of hydrogen-bond acceptors (Lipinski definition) is 15. The van der Waals surface area contributed by atoms with E-state index in [4.69, 9.17) is 28.4 Å². The van der Waals surface area contributed by atoms with Crippen LogP contribution in [0.1, 0.15) is 134 Å². The Morgan fingerprint density at radius 3 is 0.688 bits per heavy atom. The average molecular weight is 1950 g/mol. The van der Waals surface area contributed by atoms with Gasteiger partial charge in [-0.2, -0.15) is 0 Å². The summed E-state index contributed by atoms with van der Waals surface area (Å²) in [6.45, 7) is 16.5. The fourth-order valence-corrected chi connectivity index (χ4v) is 9.74. The van der Waals surface area contributed by atoms with Crippen molar-refractivity contribution in [2.45, 2.75) is 132 Å². The summed E-state index contributed by atoms with van der Waals surface area (Å²) in [7, 11) is 0. The first-order valence-electron chi connectivity index (χ1n) is 28.8. The number of esters is 6. The number of aliphatic carboxylic acids is 3. The van der Waals surface area contributed by atoms with Crippen LogP contribution in [-0.2, 0) is 59.4 Å². The summed E-state index contributed by atoms with van der Waals surface area (Å²) in [5, 5.41) is 27.7. The van der Waals surface area contributed by atoms with E-state index in [0.717, 1.165) is 33.4 Å². The van der Waals surface area contributed by atoms with Crippen LogP contribution in [0, 0.1) is 0 Å². The Morgan fingerprint density at radius 1 is 0.344 bits per heavy atom. The van der Waals surface area contributed by atoms with Gasteiger partial charge in [-0.05, 0) is 167 Å². The molecule has 2 unspecified atom stereocenters. The fraction of sp³-hybridized carbons (Fsp3) is 0.348. The van der Waals surface area contributed by atoms with Crippen molar-refractivity contribution in [3.63, 3.8) is 0 Å². The topological polar surface area (TPSA) is 270 Å². The highest BCUT2D eigenvalue weighted by atomic mass is 127. The summed E-state index contributed by atoms with van der Waals surface area (Å²) in [5.41, 5.74) is 3.53. The van der Waals surface area contributed by atoms with Gasteiger partial charge in [-0.1, -0.05) is 229 Å². The number of alkyl halides is 6. The lowest BCUT2D eigenvalue weighted by Gasteiger charge is -2.31. The van der Waals surface area contributed by atoms with E-state index < -0.39 is 41.0 Å². The standard InChI is InChI=1S/C25H28I2O6.C23H24I2O6.C21H20I2O6/c1-23(2,26)21(30)32-18-10-6-16(7-11-18)25(5,15-14-20(28)29)17-8-12-19(13-9-17)33-22(31)24(3,4)27;1-14(24)21(28)30-18-8-4-16(5-9-18)23(3,13-12-20(26)27)17-6-10-19(11-7-17)31-22(29)15(2)25;1-21(11-10-18(24)25,14-2-6-16(7-3-14)28-19(26)12-22)15-4-8-17(9-5-15)29-20(27)13-23/h6-13H,14-15H2,1-5H3,(H,28,29);4-11,14-15H,12-13H2,1-3H3,(H,26,27);2-9H,10-13H2,1H3,(H,24,25). The smallest absolute Gasteiger partial charge is 0.326 e. The lowest BCUT2D eigenvalue weighted by molar-refractivity contribution is -0.138. The Kier molecular flexibility index (Phi) is 31.9. The van der Waals surface area contributed by atoms with Crippen LogP contribution in [0.15, 0.2) is 146 Å². The largest absolute Gasteiger partial charge is 0.481 e. The third-order valence-electron chi connectivity index (χ3n) is 14.6. The van der Waals surface area contributed by atoms with Gasteiger partial charge in [0, 0.05) is 35.5 Å². The van der Waals surface area contributed by atoms with Crippen molar-refractivity contribution in [1.29, 1.82) is 0 Å². The number of carbonyl (C=O) groups excluding carboxylic acids is 6. The molecule has 0 aliphatic carbocycles. The molecule has 0 radical (unpaired) electrons. The molecule has 0 bridgehead atoms. The third kappa shape index (κ3) is 25.5. The normalized spacial score (nSPS) is 12.7. The zero-order valence-corrected chi connectivity index (χ0v) is 65.3. The number of hydrogen-bond donors (Lipinski definition) is 3. The van der Waals surface area contributed by atoms with E-state index in [-0.39, 0.29) is 71.8 Å². The molecule has 18 nitrogen and oxygen atoms in total. The maximum absolute atomic E-state index is 12.2. The van der Waals surface area contributed by atoms with Gasteiger partial charge in [0.25, 0.3) is 0 Å². The second-order valence-corrected chi connectivity index (χ2v) is 33.5. The van der Waals surface area contributed by atoms with Crippen LogP contribution in [0.3, 0.4) is 0 Å². The number of ether oxygens (including phenoxy) is 6. The zero-order chi connectivity index (χ0) is 69.6. The Morgan fingerprint density at radius 2 is 0.527 bits per heavy atom. The lowest BCUT2D eigenvalue weighted by Crippen LogP contribution is -2.29. The van der Waals surface area contributed by atoms with E-state index in [9.17, 15) is 58.5 Å². The first-order valence-corrected chi connectivity index (χ1v) is 36.5. The molecule has 0 amide bonds. The molecule has 0 aliphatic heterocycles. The van der Waals surface area contributed by atoms with Gasteiger partial charge in [0.2, 0.25) is 0 Å². The Hall–Kier alpha value is -5.07. The number of halogens is 6. The van der Waals surface area contributed by atoms with E-state index in [1.54, 1.807) is 114 Å². The highest BCUT2D eigenvalue weighted by molar-refractivity contribution is 14.1. The molecule has 2 atom stereocenters.